The van der Waals surface area contributed by atoms with Crippen molar-refractivity contribution in [1.82, 2.24) is 20.0 Å². The number of hydrogen-bond donors (Lipinski definition) is 1. The van der Waals surface area contributed by atoms with Crippen LogP contribution in [-0.4, -0.2) is 123 Å². The van der Waals surface area contributed by atoms with Crippen molar-refractivity contribution in [2.75, 3.05) is 71.0 Å². The Kier molecular flexibility index (Phi) is 15.8. The summed E-state index contributed by atoms with van der Waals surface area (Å²) in [5.74, 6) is -0.971. The maximum absolute atomic E-state index is 13.3. The van der Waals surface area contributed by atoms with Gasteiger partial charge in [-0.3, -0.25) is 34.2 Å². The number of hydrogen-bond acceptors (Lipinski definition) is 10. The highest BCUT2D eigenvalue weighted by atomic mass is 16.5. The summed E-state index contributed by atoms with van der Waals surface area (Å²) >= 11 is 0. The van der Waals surface area contributed by atoms with Crippen molar-refractivity contribution in [2.45, 2.75) is 90.3 Å². The fourth-order valence-corrected chi connectivity index (χ4v) is 8.67. The lowest BCUT2D eigenvalue weighted by Crippen LogP contribution is -2.53. The van der Waals surface area contributed by atoms with E-state index in [0.29, 0.717) is 24.7 Å². The van der Waals surface area contributed by atoms with Gasteiger partial charge in [0.25, 0.3) is 5.91 Å². The highest BCUT2D eigenvalue weighted by Crippen LogP contribution is 2.33. The average Bonchev–Trinajstić information content (AvgIpc) is 3.26. The fourth-order valence-electron chi connectivity index (χ4n) is 8.67. The molecule has 3 aliphatic heterocycles. The second-order valence-corrected chi connectivity index (χ2v) is 16.1. The van der Waals surface area contributed by atoms with Gasteiger partial charge in [-0.25, -0.2) is 0 Å². The Morgan fingerprint density at radius 3 is 2.29 bits per heavy atom. The van der Waals surface area contributed by atoms with Gasteiger partial charge in [-0.2, -0.15) is 0 Å². The minimum absolute atomic E-state index is 0.159. The molecule has 12 heteroatoms. The van der Waals surface area contributed by atoms with Crippen molar-refractivity contribution in [1.29, 1.82) is 0 Å². The van der Waals surface area contributed by atoms with Crippen molar-refractivity contribution in [2.24, 2.45) is 0 Å². The summed E-state index contributed by atoms with van der Waals surface area (Å²) in [4.78, 5) is 70.1. The second kappa shape index (κ2) is 21.4. The number of nitrogens with zero attached hydrogens (tertiary/aromatic N) is 4. The molecule has 0 bridgehead atoms. The van der Waals surface area contributed by atoms with Gasteiger partial charge < -0.3 is 24.2 Å². The first-order valence-electron chi connectivity index (χ1n) is 21.5. The van der Waals surface area contributed by atoms with Crippen LogP contribution in [0.2, 0.25) is 0 Å². The van der Waals surface area contributed by atoms with Gasteiger partial charge in [0, 0.05) is 83.2 Å². The number of nitrogens with one attached hydrogen (secondary N) is 1. The molecular formula is C47H61N5O7. The SMILES string of the molecule is CCN(c1cc(-c2ccc(CN3CCN(CCCCCCCOc4cccc(C(=O)N(C)C5CCC(=O)NC5=O)c4C=O)CC3)cc2)cc(C=O)c1C)C1CCOCC1. The van der Waals surface area contributed by atoms with Gasteiger partial charge in [0.05, 0.1) is 17.7 Å². The third kappa shape index (κ3) is 11.2. The zero-order valence-electron chi connectivity index (χ0n) is 35.1. The van der Waals surface area contributed by atoms with Gasteiger partial charge in [0.2, 0.25) is 11.8 Å². The zero-order valence-corrected chi connectivity index (χ0v) is 35.1. The quantitative estimate of drug-likeness (QED) is 0.0836. The number of carbonyl (C=O) groups excluding carboxylic acids is 5. The molecule has 3 amide bonds. The van der Waals surface area contributed by atoms with E-state index < -0.39 is 17.9 Å². The Balaban J connectivity index is 0.884. The molecule has 3 aliphatic rings. The van der Waals surface area contributed by atoms with E-state index >= 15 is 0 Å². The van der Waals surface area contributed by atoms with Gasteiger partial charge in [0.1, 0.15) is 18.1 Å². The lowest BCUT2D eigenvalue weighted by molar-refractivity contribution is -0.136. The van der Waals surface area contributed by atoms with Gasteiger partial charge in [-0.1, -0.05) is 49.6 Å². The standard InChI is InChI=1S/C47H61N5O7/c1-4-52(39-19-27-58-28-20-39)43-30-37(29-38(32-53)34(43)2)36-15-13-35(14-16-36)31-51-24-22-50(23-25-51)21-8-6-5-7-9-26-59-44-12-10-11-40(41(44)33-54)47(57)49(3)42-17-18-45(55)48-46(42)56/h10-16,29-30,32-33,39,42H,4-9,17-28,31H2,1-3H3,(H,48,55,56). The molecule has 1 N–H and O–H groups in total. The molecule has 3 heterocycles. The van der Waals surface area contributed by atoms with E-state index in [-0.39, 0.29) is 29.9 Å². The monoisotopic (exact) mass is 807 g/mol. The van der Waals surface area contributed by atoms with Crippen molar-refractivity contribution in [3.8, 4) is 16.9 Å². The van der Waals surface area contributed by atoms with E-state index in [0.717, 1.165) is 138 Å². The largest absolute Gasteiger partial charge is 0.493 e. The topological polar surface area (TPSA) is 129 Å². The number of carbonyl (C=O) groups is 5. The summed E-state index contributed by atoms with van der Waals surface area (Å²) in [5.41, 5.74) is 6.79. The molecule has 0 saturated carbocycles. The van der Waals surface area contributed by atoms with Crippen molar-refractivity contribution >= 4 is 36.0 Å². The van der Waals surface area contributed by atoms with Gasteiger partial charge in [-0.05, 0) is 99.0 Å². The number of piperazine rings is 1. The van der Waals surface area contributed by atoms with Crippen molar-refractivity contribution in [3.63, 3.8) is 0 Å². The van der Waals surface area contributed by atoms with E-state index in [2.05, 4.69) is 64.2 Å². The van der Waals surface area contributed by atoms with E-state index in [1.165, 1.54) is 17.5 Å². The molecule has 3 fully saturated rings. The van der Waals surface area contributed by atoms with E-state index in [4.69, 9.17) is 9.47 Å². The number of piperidine rings is 1. The van der Waals surface area contributed by atoms with Crippen LogP contribution < -0.4 is 15.0 Å². The Morgan fingerprint density at radius 1 is 0.881 bits per heavy atom. The molecule has 59 heavy (non-hydrogen) atoms. The molecule has 0 radical (unpaired) electrons. The maximum Gasteiger partial charge on any atom is 0.255 e. The summed E-state index contributed by atoms with van der Waals surface area (Å²) in [7, 11) is 1.51. The summed E-state index contributed by atoms with van der Waals surface area (Å²) in [6, 6.07) is 17.7. The number of benzene rings is 3. The lowest BCUT2D eigenvalue weighted by atomic mass is 9.95. The Hall–Kier alpha value is -4.91. The van der Waals surface area contributed by atoms with Crippen LogP contribution in [0.4, 0.5) is 5.69 Å². The normalized spacial score (nSPS) is 18.0. The molecule has 0 aliphatic carbocycles. The lowest BCUT2D eigenvalue weighted by Gasteiger charge is -2.36. The highest BCUT2D eigenvalue weighted by Gasteiger charge is 2.33. The third-order valence-corrected chi connectivity index (χ3v) is 12.3. The molecule has 0 spiro atoms. The third-order valence-electron chi connectivity index (χ3n) is 12.3. The number of unbranched alkanes of at least 4 members (excludes halogenated alkanes) is 4. The molecule has 316 valence electrons. The highest BCUT2D eigenvalue weighted by molar-refractivity contribution is 6.06. The average molecular weight is 808 g/mol. The number of amides is 3. The first-order chi connectivity index (χ1) is 28.7. The molecule has 3 saturated heterocycles. The van der Waals surface area contributed by atoms with Crippen LogP contribution >= 0.6 is 0 Å². The number of aldehydes is 2. The summed E-state index contributed by atoms with van der Waals surface area (Å²) in [6.07, 6.45) is 9.27. The minimum Gasteiger partial charge on any atom is -0.493 e. The number of ether oxygens (including phenoxy) is 2. The first-order valence-corrected chi connectivity index (χ1v) is 21.5. The molecule has 3 aromatic rings. The molecule has 6 rings (SSSR count). The molecule has 1 atom stereocenters. The van der Waals surface area contributed by atoms with Crippen molar-refractivity contribution < 1.29 is 33.4 Å². The van der Waals surface area contributed by atoms with Gasteiger partial charge >= 0.3 is 0 Å². The second-order valence-electron chi connectivity index (χ2n) is 16.1. The number of anilines is 1. The van der Waals surface area contributed by atoms with Crippen LogP contribution in [0.25, 0.3) is 11.1 Å². The Bertz CT molecular complexity index is 1920. The molecule has 12 nitrogen and oxygen atoms in total. The smallest absolute Gasteiger partial charge is 0.255 e. The summed E-state index contributed by atoms with van der Waals surface area (Å²) in [5, 5.41) is 2.27. The minimum atomic E-state index is -0.773. The van der Waals surface area contributed by atoms with Gasteiger partial charge in [0.15, 0.2) is 6.29 Å². The number of likely N-dealkylation sites (N-methyl/N-ethyl adjacent to an activating group) is 1. The summed E-state index contributed by atoms with van der Waals surface area (Å²) < 4.78 is 11.6. The van der Waals surface area contributed by atoms with E-state index in [9.17, 15) is 24.0 Å². The molecule has 3 aromatic carbocycles. The zero-order chi connectivity index (χ0) is 41.7. The van der Waals surface area contributed by atoms with Crippen molar-refractivity contribution in [3.05, 3.63) is 82.4 Å². The maximum atomic E-state index is 13.3. The fraction of sp³-hybridized carbons (Fsp3) is 0.511. The number of imide groups is 1. The Morgan fingerprint density at radius 2 is 1.59 bits per heavy atom. The molecular weight excluding hydrogens is 747 g/mol. The van der Waals surface area contributed by atoms with Crippen LogP contribution in [0, 0.1) is 6.92 Å². The predicted molar refractivity (Wildman–Crippen MR) is 229 cm³/mol. The van der Waals surface area contributed by atoms with Gasteiger partial charge in [-0.15, -0.1) is 0 Å². The molecule has 1 unspecified atom stereocenters. The van der Waals surface area contributed by atoms with E-state index in [1.807, 2.05) is 6.07 Å². The van der Waals surface area contributed by atoms with Crippen LogP contribution in [-0.2, 0) is 20.9 Å². The van der Waals surface area contributed by atoms with E-state index in [1.54, 1.807) is 18.2 Å². The van der Waals surface area contributed by atoms with Crippen LogP contribution in [0.5, 0.6) is 5.75 Å². The molecule has 0 aromatic heterocycles. The van der Waals surface area contributed by atoms with Crippen LogP contribution in [0.1, 0.15) is 107 Å². The van der Waals surface area contributed by atoms with Crippen LogP contribution in [0.3, 0.4) is 0 Å². The Labute approximate surface area is 349 Å². The van der Waals surface area contributed by atoms with Crippen LogP contribution in [0.15, 0.2) is 54.6 Å². The summed E-state index contributed by atoms with van der Waals surface area (Å²) in [6.45, 7) is 13.4. The predicted octanol–water partition coefficient (Wildman–Crippen LogP) is 6.32. The first kappa shape index (κ1) is 43.7. The number of rotatable bonds is 19.